The van der Waals surface area contributed by atoms with Crippen molar-refractivity contribution in [3.8, 4) is 12.3 Å². The van der Waals surface area contributed by atoms with E-state index in [0.717, 1.165) is 26.1 Å². The molecular formula is C10H18O2. The first-order valence-electron chi connectivity index (χ1n) is 4.50. The van der Waals surface area contributed by atoms with E-state index in [2.05, 4.69) is 12.8 Å². The molecule has 0 fully saturated rings. The normalized spacial score (nSPS) is 9.67. The van der Waals surface area contributed by atoms with Crippen LogP contribution >= 0.6 is 0 Å². The molecule has 12 heavy (non-hydrogen) atoms. The molecule has 0 aromatic heterocycles. The van der Waals surface area contributed by atoms with Gasteiger partial charge in [-0.05, 0) is 12.8 Å². The smallest absolute Gasteiger partial charge is 0.107 e. The highest BCUT2D eigenvalue weighted by molar-refractivity contribution is 4.82. The van der Waals surface area contributed by atoms with Crippen LogP contribution < -0.4 is 0 Å². The Morgan fingerprint density at radius 3 is 2.42 bits per heavy atom. The lowest BCUT2D eigenvalue weighted by Gasteiger charge is -2.02. The Morgan fingerprint density at radius 1 is 1.08 bits per heavy atom. The molecule has 0 saturated heterocycles. The third-order valence-electron chi connectivity index (χ3n) is 1.40. The molecule has 0 aliphatic rings. The van der Waals surface area contributed by atoms with Gasteiger partial charge >= 0.3 is 0 Å². The first kappa shape index (κ1) is 11.5. The highest BCUT2D eigenvalue weighted by Crippen LogP contribution is 1.90. The molecule has 0 spiro atoms. The number of ether oxygens (including phenoxy) is 2. The fourth-order valence-corrected chi connectivity index (χ4v) is 0.743. The summed E-state index contributed by atoms with van der Waals surface area (Å²) in [5, 5.41) is 0. The van der Waals surface area contributed by atoms with Crippen LogP contribution in [0, 0.1) is 12.3 Å². The molecule has 0 N–H and O–H groups in total. The zero-order valence-electron chi connectivity index (χ0n) is 7.84. The van der Waals surface area contributed by atoms with Crippen molar-refractivity contribution in [3.05, 3.63) is 0 Å². The number of unbranched alkanes of at least 4 members (excludes halogenated alkanes) is 1. The quantitative estimate of drug-likeness (QED) is 0.409. The second-order valence-electron chi connectivity index (χ2n) is 2.58. The van der Waals surface area contributed by atoms with Crippen LogP contribution in [-0.2, 0) is 9.47 Å². The Labute approximate surface area is 75.3 Å². The molecule has 0 amide bonds. The van der Waals surface area contributed by atoms with Crippen LogP contribution in [0.3, 0.4) is 0 Å². The van der Waals surface area contributed by atoms with Gasteiger partial charge in [-0.3, -0.25) is 0 Å². The van der Waals surface area contributed by atoms with E-state index in [4.69, 9.17) is 15.9 Å². The van der Waals surface area contributed by atoms with Gasteiger partial charge in [-0.1, -0.05) is 19.3 Å². The molecule has 0 atom stereocenters. The van der Waals surface area contributed by atoms with Gasteiger partial charge in [0.25, 0.3) is 0 Å². The maximum atomic E-state index is 5.32. The van der Waals surface area contributed by atoms with Gasteiger partial charge in [0.05, 0.1) is 6.61 Å². The van der Waals surface area contributed by atoms with Crippen molar-refractivity contribution >= 4 is 0 Å². The van der Waals surface area contributed by atoms with E-state index in [1.54, 1.807) is 0 Å². The van der Waals surface area contributed by atoms with Crippen molar-refractivity contribution < 1.29 is 9.47 Å². The second-order valence-corrected chi connectivity index (χ2v) is 2.58. The molecule has 0 radical (unpaired) electrons. The van der Waals surface area contributed by atoms with Crippen LogP contribution in [0.25, 0.3) is 0 Å². The summed E-state index contributed by atoms with van der Waals surface area (Å²) in [4.78, 5) is 0. The summed E-state index contributed by atoms with van der Waals surface area (Å²) >= 11 is 0. The molecule has 0 unspecified atom stereocenters. The lowest BCUT2D eigenvalue weighted by Crippen LogP contribution is -2.02. The monoisotopic (exact) mass is 170 g/mol. The predicted molar refractivity (Wildman–Crippen MR) is 50.0 cm³/mol. The Kier molecular flexibility index (Phi) is 10.0. The van der Waals surface area contributed by atoms with E-state index in [1.165, 1.54) is 6.42 Å². The van der Waals surface area contributed by atoms with Crippen molar-refractivity contribution in [1.82, 2.24) is 0 Å². The van der Waals surface area contributed by atoms with Crippen molar-refractivity contribution in [3.63, 3.8) is 0 Å². The van der Waals surface area contributed by atoms with Crippen molar-refractivity contribution in [2.75, 3.05) is 26.4 Å². The average molecular weight is 170 g/mol. The minimum atomic E-state index is 0.412. The summed E-state index contributed by atoms with van der Waals surface area (Å²) in [7, 11) is 0. The number of hydrogen-bond donors (Lipinski definition) is 0. The number of rotatable bonds is 8. The predicted octanol–water partition coefficient (Wildman–Crippen LogP) is 1.84. The summed E-state index contributed by atoms with van der Waals surface area (Å²) in [5.74, 6) is 2.42. The zero-order valence-corrected chi connectivity index (χ0v) is 7.84. The van der Waals surface area contributed by atoms with Crippen LogP contribution in [-0.4, -0.2) is 26.4 Å². The van der Waals surface area contributed by atoms with Crippen LogP contribution in [0.15, 0.2) is 0 Å². The topological polar surface area (TPSA) is 18.5 Å². The van der Waals surface area contributed by atoms with Crippen LogP contribution in [0.1, 0.15) is 26.2 Å². The van der Waals surface area contributed by atoms with Gasteiger partial charge < -0.3 is 9.47 Å². The van der Waals surface area contributed by atoms with Gasteiger partial charge in [0.2, 0.25) is 0 Å². The largest absolute Gasteiger partial charge is 0.381 e. The molecule has 0 aromatic rings. The number of hydrogen-bond acceptors (Lipinski definition) is 2. The summed E-state index contributed by atoms with van der Waals surface area (Å²) < 4.78 is 10.4. The van der Waals surface area contributed by atoms with Crippen molar-refractivity contribution in [2.24, 2.45) is 0 Å². The Hall–Kier alpha value is -0.520. The maximum Gasteiger partial charge on any atom is 0.107 e. The minimum Gasteiger partial charge on any atom is -0.381 e. The van der Waals surface area contributed by atoms with E-state index < -0.39 is 0 Å². The molecule has 0 bridgehead atoms. The standard InChI is InChI=1S/C10H18O2/c1-3-5-8-12-10-6-9-11-7-4-2/h2H,3,5-10H2,1H3. The first-order valence-corrected chi connectivity index (χ1v) is 4.50. The average Bonchev–Trinajstić information content (AvgIpc) is 2.10. The molecule has 0 aromatic carbocycles. The van der Waals surface area contributed by atoms with Crippen LogP contribution in [0.5, 0.6) is 0 Å². The highest BCUT2D eigenvalue weighted by atomic mass is 16.5. The van der Waals surface area contributed by atoms with Crippen molar-refractivity contribution in [2.45, 2.75) is 26.2 Å². The fraction of sp³-hybridized carbons (Fsp3) is 0.800. The van der Waals surface area contributed by atoms with E-state index in [0.29, 0.717) is 13.2 Å². The highest BCUT2D eigenvalue weighted by Gasteiger charge is 1.88. The van der Waals surface area contributed by atoms with E-state index in [9.17, 15) is 0 Å². The first-order chi connectivity index (χ1) is 5.91. The lowest BCUT2D eigenvalue weighted by molar-refractivity contribution is 0.0931. The summed E-state index contributed by atoms with van der Waals surface area (Å²) in [5.41, 5.74) is 0. The molecule has 2 heteroatoms. The van der Waals surface area contributed by atoms with Gasteiger partial charge in [-0.25, -0.2) is 0 Å². The van der Waals surface area contributed by atoms with Gasteiger partial charge in [-0.15, -0.1) is 6.42 Å². The van der Waals surface area contributed by atoms with Gasteiger partial charge in [0, 0.05) is 13.2 Å². The van der Waals surface area contributed by atoms with E-state index in [1.807, 2.05) is 0 Å². The Bertz CT molecular complexity index is 115. The fourth-order valence-electron chi connectivity index (χ4n) is 0.743. The third kappa shape index (κ3) is 9.48. The van der Waals surface area contributed by atoms with Crippen molar-refractivity contribution in [1.29, 1.82) is 0 Å². The van der Waals surface area contributed by atoms with Gasteiger partial charge in [-0.2, -0.15) is 0 Å². The summed E-state index contributed by atoms with van der Waals surface area (Å²) in [6.45, 7) is 4.92. The van der Waals surface area contributed by atoms with Gasteiger partial charge in [0.1, 0.15) is 6.61 Å². The molecular weight excluding hydrogens is 152 g/mol. The van der Waals surface area contributed by atoms with E-state index >= 15 is 0 Å². The SMILES string of the molecule is C#CCOCCCOCCCC. The second kappa shape index (κ2) is 10.5. The Balaban J connectivity index is 2.78. The van der Waals surface area contributed by atoms with Crippen LogP contribution in [0.4, 0.5) is 0 Å². The van der Waals surface area contributed by atoms with E-state index in [-0.39, 0.29) is 0 Å². The molecule has 0 heterocycles. The third-order valence-corrected chi connectivity index (χ3v) is 1.40. The zero-order chi connectivity index (χ0) is 9.07. The lowest BCUT2D eigenvalue weighted by atomic mass is 10.4. The Morgan fingerprint density at radius 2 is 1.75 bits per heavy atom. The molecule has 0 rings (SSSR count). The summed E-state index contributed by atoms with van der Waals surface area (Å²) in [6.07, 6.45) is 8.27. The molecule has 70 valence electrons. The molecule has 0 aliphatic carbocycles. The summed E-state index contributed by atoms with van der Waals surface area (Å²) in [6, 6.07) is 0. The minimum absolute atomic E-state index is 0.412. The maximum absolute atomic E-state index is 5.32. The molecule has 0 saturated carbocycles. The number of terminal acetylenes is 1. The van der Waals surface area contributed by atoms with Crippen LogP contribution in [0.2, 0.25) is 0 Å². The molecule has 2 nitrogen and oxygen atoms in total. The van der Waals surface area contributed by atoms with Gasteiger partial charge in [0.15, 0.2) is 0 Å². The molecule has 0 aliphatic heterocycles.